The van der Waals surface area contributed by atoms with Gasteiger partial charge in [0.05, 0.1) is 5.41 Å². The second-order valence-corrected chi connectivity index (χ2v) is 9.71. The molecule has 0 aliphatic carbocycles. The van der Waals surface area contributed by atoms with E-state index >= 15 is 0 Å². The first kappa shape index (κ1) is 19.3. The van der Waals surface area contributed by atoms with Crippen LogP contribution in [-0.4, -0.2) is 65.9 Å². The molecule has 0 spiro atoms. The average molecular weight is 400 g/mol. The van der Waals surface area contributed by atoms with Crippen molar-refractivity contribution in [1.29, 1.82) is 0 Å². The number of anilines is 1. The number of hydrogen-bond acceptors (Lipinski definition) is 6. The molecule has 6 nitrogen and oxygen atoms in total. The summed E-state index contributed by atoms with van der Waals surface area (Å²) < 4.78 is 0. The zero-order valence-electron chi connectivity index (χ0n) is 17.0. The molecule has 2 aliphatic heterocycles. The molecule has 0 unspecified atom stereocenters. The molecular formula is C21H29N5OS. The van der Waals surface area contributed by atoms with Crippen molar-refractivity contribution in [3.05, 3.63) is 40.3 Å². The Morgan fingerprint density at radius 1 is 1.29 bits per heavy atom. The van der Waals surface area contributed by atoms with Crippen LogP contribution < -0.4 is 4.90 Å². The molecule has 2 aromatic heterocycles. The third-order valence-electron chi connectivity index (χ3n) is 6.11. The van der Waals surface area contributed by atoms with E-state index in [4.69, 9.17) is 0 Å². The Balaban J connectivity index is 1.59. The molecule has 4 heterocycles. The molecule has 150 valence electrons. The number of rotatable bonds is 4. The van der Waals surface area contributed by atoms with Crippen molar-refractivity contribution in [2.45, 2.75) is 26.3 Å². The molecule has 2 atom stereocenters. The van der Waals surface area contributed by atoms with Crippen LogP contribution in [0.4, 0.5) is 5.95 Å². The molecule has 0 bridgehead atoms. The SMILES string of the molecule is Cc1ccc(CN2CCC[C@]3(C(=O)N(C)C)CN(c4ncccn4)C[C@@H]3C2)s1. The minimum absolute atomic E-state index is 0.254. The molecule has 0 radical (unpaired) electrons. The van der Waals surface area contributed by atoms with E-state index in [9.17, 15) is 4.79 Å². The minimum atomic E-state index is -0.344. The van der Waals surface area contributed by atoms with E-state index in [0.29, 0.717) is 6.54 Å². The van der Waals surface area contributed by atoms with Gasteiger partial charge in [0.15, 0.2) is 0 Å². The molecule has 0 N–H and O–H groups in total. The molecule has 4 rings (SSSR count). The number of fused-ring (bicyclic) bond motifs is 1. The Kier molecular flexibility index (Phi) is 5.38. The highest BCUT2D eigenvalue weighted by atomic mass is 32.1. The van der Waals surface area contributed by atoms with Gasteiger partial charge in [0, 0.05) is 68.3 Å². The van der Waals surface area contributed by atoms with Gasteiger partial charge < -0.3 is 9.80 Å². The molecular weight excluding hydrogens is 370 g/mol. The van der Waals surface area contributed by atoms with Gasteiger partial charge >= 0.3 is 0 Å². The van der Waals surface area contributed by atoms with Crippen LogP contribution >= 0.6 is 11.3 Å². The third-order valence-corrected chi connectivity index (χ3v) is 7.10. The van der Waals surface area contributed by atoms with Crippen molar-refractivity contribution in [1.82, 2.24) is 19.8 Å². The van der Waals surface area contributed by atoms with E-state index in [0.717, 1.165) is 45.0 Å². The summed E-state index contributed by atoms with van der Waals surface area (Å²) in [6.45, 7) is 6.68. The summed E-state index contributed by atoms with van der Waals surface area (Å²) in [7, 11) is 3.76. The van der Waals surface area contributed by atoms with Crippen LogP contribution in [0.3, 0.4) is 0 Å². The maximum absolute atomic E-state index is 13.3. The lowest BCUT2D eigenvalue weighted by Gasteiger charge is -2.34. The van der Waals surface area contributed by atoms with Crippen LogP contribution in [0.15, 0.2) is 30.6 Å². The van der Waals surface area contributed by atoms with Crippen molar-refractivity contribution >= 4 is 23.2 Å². The summed E-state index contributed by atoms with van der Waals surface area (Å²) in [5, 5.41) is 0. The molecule has 2 aliphatic rings. The molecule has 7 heteroatoms. The van der Waals surface area contributed by atoms with E-state index in [-0.39, 0.29) is 17.2 Å². The molecule has 2 saturated heterocycles. The number of nitrogens with zero attached hydrogens (tertiary/aromatic N) is 5. The van der Waals surface area contributed by atoms with Gasteiger partial charge in [0.1, 0.15) is 0 Å². The van der Waals surface area contributed by atoms with Crippen molar-refractivity contribution in [2.75, 3.05) is 45.2 Å². The van der Waals surface area contributed by atoms with Gasteiger partial charge in [-0.2, -0.15) is 0 Å². The summed E-state index contributed by atoms with van der Waals surface area (Å²) in [6.07, 6.45) is 5.53. The van der Waals surface area contributed by atoms with Gasteiger partial charge in [-0.25, -0.2) is 9.97 Å². The first-order valence-electron chi connectivity index (χ1n) is 9.99. The predicted octanol–water partition coefficient (Wildman–Crippen LogP) is 2.65. The summed E-state index contributed by atoms with van der Waals surface area (Å²) in [4.78, 5) is 31.5. The van der Waals surface area contributed by atoms with E-state index in [2.05, 4.69) is 38.8 Å². The lowest BCUT2D eigenvalue weighted by molar-refractivity contribution is -0.141. The maximum Gasteiger partial charge on any atom is 0.230 e. The Morgan fingerprint density at radius 2 is 2.07 bits per heavy atom. The standard InChI is InChI=1S/C21H29N5OS/c1-16-6-7-18(28-16)14-25-11-4-8-21(19(27)24(2)3)15-26(13-17(21)12-25)20-22-9-5-10-23-20/h5-7,9-10,17H,4,8,11-15H2,1-3H3/t17-,21-/m0/s1. The molecule has 2 fully saturated rings. The quantitative estimate of drug-likeness (QED) is 0.791. The second-order valence-electron chi connectivity index (χ2n) is 8.33. The lowest BCUT2D eigenvalue weighted by atomic mass is 9.74. The van der Waals surface area contributed by atoms with Crippen LogP contribution in [0.1, 0.15) is 22.6 Å². The molecule has 0 aromatic carbocycles. The van der Waals surface area contributed by atoms with Crippen molar-refractivity contribution in [3.8, 4) is 0 Å². The predicted molar refractivity (Wildman–Crippen MR) is 112 cm³/mol. The number of carbonyl (C=O) groups is 1. The normalized spacial score (nSPS) is 25.4. The van der Waals surface area contributed by atoms with Crippen molar-refractivity contribution in [2.24, 2.45) is 11.3 Å². The summed E-state index contributed by atoms with van der Waals surface area (Å²) in [5.74, 6) is 1.28. The highest BCUT2D eigenvalue weighted by Gasteiger charge is 2.54. The summed E-state index contributed by atoms with van der Waals surface area (Å²) >= 11 is 1.87. The van der Waals surface area contributed by atoms with E-state index in [1.807, 2.05) is 31.5 Å². The maximum atomic E-state index is 13.3. The van der Waals surface area contributed by atoms with Gasteiger partial charge in [-0.1, -0.05) is 0 Å². The number of hydrogen-bond donors (Lipinski definition) is 0. The first-order chi connectivity index (χ1) is 13.5. The Morgan fingerprint density at radius 3 is 2.75 bits per heavy atom. The minimum Gasteiger partial charge on any atom is -0.348 e. The monoisotopic (exact) mass is 399 g/mol. The first-order valence-corrected chi connectivity index (χ1v) is 10.8. The van der Waals surface area contributed by atoms with Gasteiger partial charge in [0.2, 0.25) is 11.9 Å². The van der Waals surface area contributed by atoms with Crippen molar-refractivity contribution < 1.29 is 4.79 Å². The smallest absolute Gasteiger partial charge is 0.230 e. The zero-order valence-corrected chi connectivity index (χ0v) is 17.8. The van der Waals surface area contributed by atoms with Gasteiger partial charge in [0.25, 0.3) is 0 Å². The lowest BCUT2D eigenvalue weighted by Crippen LogP contribution is -2.47. The fourth-order valence-electron chi connectivity index (χ4n) is 4.85. The Bertz CT molecular complexity index is 823. The molecule has 0 saturated carbocycles. The second kappa shape index (κ2) is 7.79. The van der Waals surface area contributed by atoms with E-state index < -0.39 is 0 Å². The largest absolute Gasteiger partial charge is 0.348 e. The van der Waals surface area contributed by atoms with Crippen LogP contribution in [0.25, 0.3) is 0 Å². The topological polar surface area (TPSA) is 52.6 Å². The number of thiophene rings is 1. The number of likely N-dealkylation sites (tertiary alicyclic amines) is 1. The Hall–Kier alpha value is -1.99. The number of aromatic nitrogens is 2. The van der Waals surface area contributed by atoms with Crippen LogP contribution in [0.2, 0.25) is 0 Å². The molecule has 2 aromatic rings. The van der Waals surface area contributed by atoms with Gasteiger partial charge in [-0.3, -0.25) is 9.69 Å². The van der Waals surface area contributed by atoms with Crippen molar-refractivity contribution in [3.63, 3.8) is 0 Å². The van der Waals surface area contributed by atoms with Crippen LogP contribution in [-0.2, 0) is 11.3 Å². The summed E-state index contributed by atoms with van der Waals surface area (Å²) in [6, 6.07) is 6.27. The van der Waals surface area contributed by atoms with E-state index in [1.165, 1.54) is 9.75 Å². The van der Waals surface area contributed by atoms with Crippen LogP contribution in [0, 0.1) is 18.3 Å². The third kappa shape index (κ3) is 3.65. The van der Waals surface area contributed by atoms with E-state index in [1.54, 1.807) is 17.3 Å². The highest BCUT2D eigenvalue weighted by Crippen LogP contribution is 2.44. The van der Waals surface area contributed by atoms with Gasteiger partial charge in [-0.05, 0) is 44.5 Å². The van der Waals surface area contributed by atoms with Crippen LogP contribution in [0.5, 0.6) is 0 Å². The molecule has 28 heavy (non-hydrogen) atoms. The highest BCUT2D eigenvalue weighted by molar-refractivity contribution is 7.11. The average Bonchev–Trinajstić information content (AvgIpc) is 3.21. The Labute approximate surface area is 171 Å². The number of amides is 1. The fourth-order valence-corrected chi connectivity index (χ4v) is 5.78. The van der Waals surface area contributed by atoms with Gasteiger partial charge in [-0.15, -0.1) is 11.3 Å². The fraction of sp³-hybridized carbons (Fsp3) is 0.571. The number of carbonyl (C=O) groups excluding carboxylic acids is 1. The number of aryl methyl sites for hydroxylation is 1. The molecule has 1 amide bonds. The summed E-state index contributed by atoms with van der Waals surface area (Å²) in [5.41, 5.74) is -0.344. The zero-order chi connectivity index (χ0) is 19.7.